The van der Waals surface area contributed by atoms with Crippen LogP contribution in [0, 0.1) is 0 Å². The third kappa shape index (κ3) is 3.26. The molecule has 122 valence electrons. The number of amides is 1. The smallest absolute Gasteiger partial charge is 0.229 e. The van der Waals surface area contributed by atoms with E-state index in [0.29, 0.717) is 13.0 Å². The Kier molecular flexibility index (Phi) is 4.17. The number of nitrogens with one attached hydrogen (secondary N) is 1. The summed E-state index contributed by atoms with van der Waals surface area (Å²) in [4.78, 5) is 13.6. The van der Waals surface area contributed by atoms with Crippen molar-refractivity contribution in [2.75, 3.05) is 5.32 Å². The number of nitrogens with zero attached hydrogens (tertiary/aromatic N) is 2. The minimum absolute atomic E-state index is 0.000812. The minimum atomic E-state index is 0.000812. The van der Waals surface area contributed by atoms with Crippen LogP contribution in [0.15, 0.2) is 48.0 Å². The molecule has 1 aliphatic carbocycles. The van der Waals surface area contributed by atoms with E-state index in [1.807, 2.05) is 22.2 Å². The fraction of sp³-hybridized carbons (Fsp3) is 0.263. The van der Waals surface area contributed by atoms with Crippen molar-refractivity contribution in [2.24, 2.45) is 0 Å². The molecule has 0 spiro atoms. The second-order valence-electron chi connectivity index (χ2n) is 6.14. The molecule has 0 unspecified atom stereocenters. The molecule has 0 atom stereocenters. The first-order valence-electron chi connectivity index (χ1n) is 8.23. The molecule has 0 fully saturated rings. The molecule has 5 heteroatoms. The molecular weight excluding hydrogens is 318 g/mol. The molecule has 1 amide bonds. The van der Waals surface area contributed by atoms with Gasteiger partial charge in [-0.1, -0.05) is 24.3 Å². The maximum Gasteiger partial charge on any atom is 0.229 e. The lowest BCUT2D eigenvalue weighted by molar-refractivity contribution is -0.115. The average molecular weight is 337 g/mol. The van der Waals surface area contributed by atoms with Gasteiger partial charge in [-0.05, 0) is 47.4 Å². The number of carbonyl (C=O) groups is 1. The molecule has 4 rings (SSSR count). The number of fused-ring (bicyclic) bond motifs is 1. The summed E-state index contributed by atoms with van der Waals surface area (Å²) < 4.78 is 1.83. The maximum absolute atomic E-state index is 12.4. The summed E-state index contributed by atoms with van der Waals surface area (Å²) in [5.74, 6) is 0.746. The Morgan fingerprint density at radius 1 is 1.21 bits per heavy atom. The lowest BCUT2D eigenvalue weighted by Gasteiger charge is -2.09. The van der Waals surface area contributed by atoms with Crippen molar-refractivity contribution in [1.82, 2.24) is 9.78 Å². The van der Waals surface area contributed by atoms with Crippen LogP contribution in [0.3, 0.4) is 0 Å². The van der Waals surface area contributed by atoms with Crippen molar-refractivity contribution in [3.05, 3.63) is 69.5 Å². The Bertz CT molecular complexity index is 851. The first-order valence-corrected chi connectivity index (χ1v) is 9.10. The SMILES string of the molecule is O=C(Cc1ccc2c(c1)CCC2)Nc1ccnn1Cc1cccs1. The molecule has 0 saturated carbocycles. The van der Waals surface area contributed by atoms with E-state index in [4.69, 9.17) is 0 Å². The number of aromatic nitrogens is 2. The quantitative estimate of drug-likeness (QED) is 0.772. The summed E-state index contributed by atoms with van der Waals surface area (Å²) in [5, 5.41) is 9.34. The molecule has 2 aromatic heterocycles. The first kappa shape index (κ1) is 15.1. The van der Waals surface area contributed by atoms with Gasteiger partial charge in [-0.15, -0.1) is 11.3 Å². The van der Waals surface area contributed by atoms with Gasteiger partial charge in [-0.2, -0.15) is 5.10 Å². The highest BCUT2D eigenvalue weighted by molar-refractivity contribution is 7.09. The number of rotatable bonds is 5. The number of benzene rings is 1. The number of hydrogen-bond donors (Lipinski definition) is 1. The van der Waals surface area contributed by atoms with Gasteiger partial charge in [0, 0.05) is 10.9 Å². The second-order valence-corrected chi connectivity index (χ2v) is 7.17. The Labute approximate surface area is 145 Å². The molecule has 2 heterocycles. The monoisotopic (exact) mass is 337 g/mol. The van der Waals surface area contributed by atoms with Crippen molar-refractivity contribution in [1.29, 1.82) is 0 Å². The molecule has 4 nitrogen and oxygen atoms in total. The van der Waals surface area contributed by atoms with Gasteiger partial charge in [0.1, 0.15) is 5.82 Å². The Morgan fingerprint density at radius 2 is 2.12 bits per heavy atom. The summed E-state index contributed by atoms with van der Waals surface area (Å²) in [6.07, 6.45) is 5.66. The van der Waals surface area contributed by atoms with Crippen LogP contribution in [0.2, 0.25) is 0 Å². The van der Waals surface area contributed by atoms with Crippen molar-refractivity contribution in [3.8, 4) is 0 Å². The van der Waals surface area contributed by atoms with Gasteiger partial charge >= 0.3 is 0 Å². The lowest BCUT2D eigenvalue weighted by atomic mass is 10.0. The van der Waals surface area contributed by atoms with E-state index in [0.717, 1.165) is 17.8 Å². The van der Waals surface area contributed by atoms with Crippen LogP contribution in [0.25, 0.3) is 0 Å². The van der Waals surface area contributed by atoms with Crippen LogP contribution in [0.5, 0.6) is 0 Å². The highest BCUT2D eigenvalue weighted by Crippen LogP contribution is 2.23. The summed E-state index contributed by atoms with van der Waals surface area (Å²) in [6, 6.07) is 12.4. The van der Waals surface area contributed by atoms with Crippen LogP contribution in [-0.4, -0.2) is 15.7 Å². The predicted molar refractivity (Wildman–Crippen MR) is 96.4 cm³/mol. The molecule has 1 aliphatic rings. The summed E-state index contributed by atoms with van der Waals surface area (Å²) in [6.45, 7) is 0.680. The van der Waals surface area contributed by atoms with Crippen LogP contribution >= 0.6 is 11.3 Å². The molecule has 3 aromatic rings. The van der Waals surface area contributed by atoms with Gasteiger partial charge in [0.15, 0.2) is 0 Å². The van der Waals surface area contributed by atoms with Crippen molar-refractivity contribution < 1.29 is 4.79 Å². The Hall–Kier alpha value is -2.40. The topological polar surface area (TPSA) is 46.9 Å². The van der Waals surface area contributed by atoms with E-state index < -0.39 is 0 Å². The van der Waals surface area contributed by atoms with Gasteiger partial charge in [-0.3, -0.25) is 4.79 Å². The first-order chi connectivity index (χ1) is 11.8. The number of hydrogen-bond acceptors (Lipinski definition) is 3. The van der Waals surface area contributed by atoms with Crippen LogP contribution in [-0.2, 0) is 30.6 Å². The molecule has 24 heavy (non-hydrogen) atoms. The van der Waals surface area contributed by atoms with Gasteiger partial charge in [-0.25, -0.2) is 4.68 Å². The molecule has 0 aliphatic heterocycles. The Morgan fingerprint density at radius 3 is 3.00 bits per heavy atom. The van der Waals surface area contributed by atoms with E-state index >= 15 is 0 Å². The zero-order chi connectivity index (χ0) is 16.4. The normalized spacial score (nSPS) is 13.0. The minimum Gasteiger partial charge on any atom is -0.311 e. The summed E-state index contributed by atoms with van der Waals surface area (Å²) in [5.41, 5.74) is 3.92. The third-order valence-electron chi connectivity index (χ3n) is 4.40. The molecule has 0 radical (unpaired) electrons. The fourth-order valence-corrected chi connectivity index (χ4v) is 3.91. The van der Waals surface area contributed by atoms with Crippen molar-refractivity contribution in [2.45, 2.75) is 32.2 Å². The van der Waals surface area contributed by atoms with E-state index in [1.165, 1.54) is 28.8 Å². The van der Waals surface area contributed by atoms with E-state index in [1.54, 1.807) is 17.5 Å². The van der Waals surface area contributed by atoms with Crippen LogP contribution in [0.4, 0.5) is 5.82 Å². The zero-order valence-corrected chi connectivity index (χ0v) is 14.2. The highest BCUT2D eigenvalue weighted by atomic mass is 32.1. The van der Waals surface area contributed by atoms with Crippen LogP contribution in [0.1, 0.15) is 28.0 Å². The van der Waals surface area contributed by atoms with Gasteiger partial charge < -0.3 is 5.32 Å². The molecular formula is C19H19N3OS. The van der Waals surface area contributed by atoms with Gasteiger partial charge in [0.2, 0.25) is 5.91 Å². The van der Waals surface area contributed by atoms with E-state index in [2.05, 4.69) is 34.7 Å². The largest absolute Gasteiger partial charge is 0.311 e. The number of thiophene rings is 1. The van der Waals surface area contributed by atoms with E-state index in [9.17, 15) is 4.79 Å². The average Bonchev–Trinajstić information content (AvgIpc) is 3.30. The van der Waals surface area contributed by atoms with Gasteiger partial charge in [0.05, 0.1) is 19.2 Å². The molecule has 1 N–H and O–H groups in total. The maximum atomic E-state index is 12.4. The molecule has 1 aromatic carbocycles. The second kappa shape index (κ2) is 6.61. The molecule has 0 bridgehead atoms. The zero-order valence-electron chi connectivity index (χ0n) is 13.4. The third-order valence-corrected chi connectivity index (χ3v) is 5.26. The van der Waals surface area contributed by atoms with E-state index in [-0.39, 0.29) is 5.91 Å². The van der Waals surface area contributed by atoms with Gasteiger partial charge in [0.25, 0.3) is 0 Å². The van der Waals surface area contributed by atoms with Crippen molar-refractivity contribution in [3.63, 3.8) is 0 Å². The summed E-state index contributed by atoms with van der Waals surface area (Å²) >= 11 is 1.69. The molecule has 0 saturated heterocycles. The highest BCUT2D eigenvalue weighted by Gasteiger charge is 2.13. The number of carbonyl (C=O) groups excluding carboxylic acids is 1. The number of anilines is 1. The van der Waals surface area contributed by atoms with Crippen molar-refractivity contribution >= 4 is 23.1 Å². The predicted octanol–water partition coefficient (Wildman–Crippen LogP) is 3.66. The Balaban J connectivity index is 1.42. The van der Waals surface area contributed by atoms with Crippen LogP contribution < -0.4 is 5.32 Å². The standard InChI is InChI=1S/C19H19N3OS/c23-19(12-14-6-7-15-3-1-4-16(15)11-14)21-18-8-9-20-22(18)13-17-5-2-10-24-17/h2,5-11H,1,3-4,12-13H2,(H,21,23). The lowest BCUT2D eigenvalue weighted by Crippen LogP contribution is -2.18. The fourth-order valence-electron chi connectivity index (χ4n) is 3.22. The summed E-state index contributed by atoms with van der Waals surface area (Å²) in [7, 11) is 0. The number of aryl methyl sites for hydroxylation is 2.